The van der Waals surface area contributed by atoms with Crippen molar-refractivity contribution in [3.63, 3.8) is 0 Å². The molecule has 0 spiro atoms. The van der Waals surface area contributed by atoms with Crippen LogP contribution in [0.15, 0.2) is 24.3 Å². The summed E-state index contributed by atoms with van der Waals surface area (Å²) >= 11 is 0. The summed E-state index contributed by atoms with van der Waals surface area (Å²) in [5.41, 5.74) is 9.73. The fraction of sp³-hybridized carbons (Fsp3) is 0.500. The fourth-order valence-electron chi connectivity index (χ4n) is 3.06. The minimum absolute atomic E-state index is 0.109. The normalized spacial score (nSPS) is 18.5. The molecule has 3 rings (SSSR count). The summed E-state index contributed by atoms with van der Waals surface area (Å²) in [4.78, 5) is 0. The molecule has 118 valence electrons. The molecule has 0 fully saturated rings. The average molecular weight is 299 g/mol. The molecular formula is C18H25N3O. The predicted molar refractivity (Wildman–Crippen MR) is 89.4 cm³/mol. The van der Waals surface area contributed by atoms with E-state index < -0.39 is 0 Å². The summed E-state index contributed by atoms with van der Waals surface area (Å²) in [6, 6.07) is 8.61. The molecule has 0 aliphatic carbocycles. The van der Waals surface area contributed by atoms with Crippen molar-refractivity contribution in [1.82, 2.24) is 9.78 Å². The summed E-state index contributed by atoms with van der Waals surface area (Å²) < 4.78 is 7.89. The molecule has 1 aromatic carbocycles. The van der Waals surface area contributed by atoms with Crippen LogP contribution >= 0.6 is 0 Å². The lowest BCUT2D eigenvalue weighted by Crippen LogP contribution is -2.16. The van der Waals surface area contributed by atoms with Crippen LogP contribution in [-0.4, -0.2) is 16.4 Å². The number of benzene rings is 1. The lowest BCUT2D eigenvalue weighted by molar-refractivity contribution is 0.315. The lowest BCUT2D eigenvalue weighted by Gasteiger charge is -2.24. The Labute approximate surface area is 132 Å². The average Bonchev–Trinajstić information content (AvgIpc) is 2.66. The molecule has 4 heteroatoms. The summed E-state index contributed by atoms with van der Waals surface area (Å²) in [5.74, 6) is 1.68. The maximum Gasteiger partial charge on any atom is 0.124 e. The highest BCUT2D eigenvalue weighted by atomic mass is 16.5. The third kappa shape index (κ3) is 2.70. The Kier molecular flexibility index (Phi) is 3.63. The third-order valence-corrected chi connectivity index (χ3v) is 4.30. The van der Waals surface area contributed by atoms with Gasteiger partial charge in [0.2, 0.25) is 0 Å². The van der Waals surface area contributed by atoms with Gasteiger partial charge in [-0.1, -0.05) is 26.8 Å². The molecule has 0 bridgehead atoms. The number of nitrogens with two attached hydrogens (primary N) is 1. The molecule has 1 atom stereocenters. The van der Waals surface area contributed by atoms with Crippen molar-refractivity contribution < 1.29 is 4.74 Å². The van der Waals surface area contributed by atoms with Crippen molar-refractivity contribution in [2.75, 3.05) is 12.3 Å². The van der Waals surface area contributed by atoms with Gasteiger partial charge in [0.05, 0.1) is 18.3 Å². The SMILES string of the molecule is Cc1cc(N)n(C2CCCOc3ccc(C(C)(C)C)cc32)n1. The molecule has 1 aliphatic heterocycles. The zero-order chi connectivity index (χ0) is 15.9. The minimum Gasteiger partial charge on any atom is -0.493 e. The van der Waals surface area contributed by atoms with E-state index in [1.165, 1.54) is 11.1 Å². The van der Waals surface area contributed by atoms with Crippen molar-refractivity contribution in [1.29, 1.82) is 0 Å². The summed E-state index contributed by atoms with van der Waals surface area (Å²) in [7, 11) is 0. The van der Waals surface area contributed by atoms with Gasteiger partial charge in [0, 0.05) is 11.6 Å². The van der Waals surface area contributed by atoms with Gasteiger partial charge in [-0.05, 0) is 42.9 Å². The summed E-state index contributed by atoms with van der Waals surface area (Å²) in [6.45, 7) is 9.42. The Morgan fingerprint density at radius 2 is 2.05 bits per heavy atom. The zero-order valence-electron chi connectivity index (χ0n) is 13.9. The summed E-state index contributed by atoms with van der Waals surface area (Å²) in [6.07, 6.45) is 1.99. The Hall–Kier alpha value is -1.97. The quantitative estimate of drug-likeness (QED) is 0.870. The van der Waals surface area contributed by atoms with Crippen LogP contribution in [0.3, 0.4) is 0 Å². The van der Waals surface area contributed by atoms with Crippen LogP contribution in [0.1, 0.15) is 56.5 Å². The number of aromatic nitrogens is 2. The molecule has 1 aliphatic rings. The first-order valence-electron chi connectivity index (χ1n) is 7.95. The molecule has 0 saturated heterocycles. The van der Waals surface area contributed by atoms with Gasteiger partial charge in [-0.3, -0.25) is 0 Å². The Bertz CT molecular complexity index is 682. The molecule has 0 radical (unpaired) electrons. The zero-order valence-corrected chi connectivity index (χ0v) is 13.9. The van der Waals surface area contributed by atoms with Gasteiger partial charge in [-0.15, -0.1) is 0 Å². The van der Waals surface area contributed by atoms with Gasteiger partial charge < -0.3 is 10.5 Å². The first-order valence-corrected chi connectivity index (χ1v) is 7.95. The Balaban J connectivity index is 2.12. The molecule has 0 saturated carbocycles. The second-order valence-electron chi connectivity index (χ2n) is 7.16. The van der Waals surface area contributed by atoms with Crippen LogP contribution in [-0.2, 0) is 5.41 Å². The van der Waals surface area contributed by atoms with Crippen molar-refractivity contribution >= 4 is 5.82 Å². The van der Waals surface area contributed by atoms with Gasteiger partial charge in [0.25, 0.3) is 0 Å². The van der Waals surface area contributed by atoms with Gasteiger partial charge >= 0.3 is 0 Å². The molecule has 2 heterocycles. The van der Waals surface area contributed by atoms with Crippen LogP contribution in [0.2, 0.25) is 0 Å². The molecule has 2 aromatic rings. The van der Waals surface area contributed by atoms with Crippen LogP contribution in [0, 0.1) is 6.92 Å². The second-order valence-corrected chi connectivity index (χ2v) is 7.16. The predicted octanol–water partition coefficient (Wildman–Crippen LogP) is 3.83. The maximum atomic E-state index is 6.16. The number of rotatable bonds is 1. The van der Waals surface area contributed by atoms with E-state index in [9.17, 15) is 0 Å². The highest BCUT2D eigenvalue weighted by Crippen LogP contribution is 2.38. The smallest absolute Gasteiger partial charge is 0.124 e. The van der Waals surface area contributed by atoms with Crippen molar-refractivity contribution in [3.8, 4) is 5.75 Å². The van der Waals surface area contributed by atoms with Gasteiger partial charge in [-0.25, -0.2) is 4.68 Å². The van der Waals surface area contributed by atoms with Gasteiger partial charge in [-0.2, -0.15) is 5.10 Å². The third-order valence-electron chi connectivity index (χ3n) is 4.30. The number of fused-ring (bicyclic) bond motifs is 1. The largest absolute Gasteiger partial charge is 0.493 e. The van der Waals surface area contributed by atoms with Crippen molar-refractivity contribution in [2.24, 2.45) is 0 Å². The van der Waals surface area contributed by atoms with E-state index in [4.69, 9.17) is 10.5 Å². The number of hydrogen-bond donors (Lipinski definition) is 1. The fourth-order valence-corrected chi connectivity index (χ4v) is 3.06. The van der Waals surface area contributed by atoms with Crippen LogP contribution in [0.4, 0.5) is 5.82 Å². The lowest BCUT2D eigenvalue weighted by atomic mass is 9.85. The van der Waals surface area contributed by atoms with Crippen LogP contribution < -0.4 is 10.5 Å². The highest BCUT2D eigenvalue weighted by molar-refractivity contribution is 5.44. The van der Waals surface area contributed by atoms with E-state index in [0.29, 0.717) is 0 Å². The number of nitrogens with zero attached hydrogens (tertiary/aromatic N) is 2. The maximum absolute atomic E-state index is 6.16. The molecule has 0 amide bonds. The minimum atomic E-state index is 0.109. The van der Waals surface area contributed by atoms with Crippen LogP contribution in [0.5, 0.6) is 5.75 Å². The number of anilines is 1. The van der Waals surface area contributed by atoms with Gasteiger partial charge in [0.1, 0.15) is 11.6 Å². The van der Waals surface area contributed by atoms with E-state index in [1.807, 2.05) is 17.7 Å². The molecule has 2 N–H and O–H groups in total. The number of aryl methyl sites for hydroxylation is 1. The Morgan fingerprint density at radius 1 is 1.27 bits per heavy atom. The second kappa shape index (κ2) is 5.34. The van der Waals surface area contributed by atoms with E-state index in [1.54, 1.807) is 0 Å². The molecule has 1 aromatic heterocycles. The Morgan fingerprint density at radius 3 is 2.68 bits per heavy atom. The molecule has 22 heavy (non-hydrogen) atoms. The molecular weight excluding hydrogens is 274 g/mol. The van der Waals surface area contributed by atoms with E-state index >= 15 is 0 Å². The molecule has 4 nitrogen and oxygen atoms in total. The highest BCUT2D eigenvalue weighted by Gasteiger charge is 2.26. The first-order chi connectivity index (χ1) is 10.4. The van der Waals surface area contributed by atoms with Crippen molar-refractivity contribution in [2.45, 2.75) is 52.0 Å². The van der Waals surface area contributed by atoms with E-state index in [0.717, 1.165) is 36.7 Å². The van der Waals surface area contributed by atoms with Crippen LogP contribution in [0.25, 0.3) is 0 Å². The number of hydrogen-bond acceptors (Lipinski definition) is 3. The van der Waals surface area contributed by atoms with Gasteiger partial charge in [0.15, 0.2) is 0 Å². The standard InChI is InChI=1S/C18H25N3O/c1-12-10-17(19)21(20-12)15-6-5-9-22-16-8-7-13(11-14(15)16)18(2,3)4/h7-8,10-11,15H,5-6,9,19H2,1-4H3. The van der Waals surface area contributed by atoms with E-state index in [-0.39, 0.29) is 11.5 Å². The van der Waals surface area contributed by atoms with Crippen molar-refractivity contribution in [3.05, 3.63) is 41.1 Å². The van der Waals surface area contributed by atoms with E-state index in [2.05, 4.69) is 44.1 Å². The molecule has 1 unspecified atom stereocenters. The number of nitrogen functional groups attached to an aromatic ring is 1. The summed E-state index contributed by atoms with van der Waals surface area (Å²) in [5, 5.41) is 4.60. The topological polar surface area (TPSA) is 53.1 Å². The number of ether oxygens (including phenoxy) is 1. The first kappa shape index (κ1) is 14.9. The monoisotopic (exact) mass is 299 g/mol.